The SMILES string of the molecule is CNC(c1cnc2ccsc2c1)c1sccc1Cl. The van der Waals surface area contributed by atoms with Gasteiger partial charge in [-0.05, 0) is 41.6 Å². The second kappa shape index (κ2) is 4.97. The molecular formula is C13H11ClN2S2. The highest BCUT2D eigenvalue weighted by atomic mass is 35.5. The number of nitrogens with one attached hydrogen (secondary N) is 1. The Kier molecular flexibility index (Phi) is 3.35. The quantitative estimate of drug-likeness (QED) is 0.778. The lowest BCUT2D eigenvalue weighted by Gasteiger charge is -2.15. The van der Waals surface area contributed by atoms with Crippen molar-refractivity contribution in [3.63, 3.8) is 0 Å². The summed E-state index contributed by atoms with van der Waals surface area (Å²) in [5, 5.41) is 8.20. The van der Waals surface area contributed by atoms with Gasteiger partial charge in [-0.15, -0.1) is 22.7 Å². The van der Waals surface area contributed by atoms with Crippen molar-refractivity contribution in [1.82, 2.24) is 10.3 Å². The van der Waals surface area contributed by atoms with E-state index in [9.17, 15) is 0 Å². The molecule has 1 unspecified atom stereocenters. The van der Waals surface area contributed by atoms with Gasteiger partial charge in [-0.3, -0.25) is 4.98 Å². The Hall–Kier alpha value is -0.940. The maximum absolute atomic E-state index is 6.21. The van der Waals surface area contributed by atoms with Crippen LogP contribution < -0.4 is 5.32 Å². The van der Waals surface area contributed by atoms with E-state index >= 15 is 0 Å². The lowest BCUT2D eigenvalue weighted by atomic mass is 10.1. The van der Waals surface area contributed by atoms with Gasteiger partial charge in [-0.25, -0.2) is 0 Å². The maximum atomic E-state index is 6.21. The second-order valence-electron chi connectivity index (χ2n) is 3.93. The van der Waals surface area contributed by atoms with Crippen LogP contribution in [0.2, 0.25) is 5.02 Å². The minimum absolute atomic E-state index is 0.108. The molecule has 3 rings (SSSR count). The number of halogens is 1. The molecule has 3 aromatic heterocycles. The predicted molar refractivity (Wildman–Crippen MR) is 79.9 cm³/mol. The molecule has 0 amide bonds. The summed E-state index contributed by atoms with van der Waals surface area (Å²) in [7, 11) is 1.94. The van der Waals surface area contributed by atoms with Crippen LogP contribution in [0.25, 0.3) is 10.2 Å². The molecule has 3 heterocycles. The van der Waals surface area contributed by atoms with Crippen LogP contribution in [-0.2, 0) is 0 Å². The van der Waals surface area contributed by atoms with Crippen LogP contribution >= 0.6 is 34.3 Å². The fraction of sp³-hybridized carbons (Fsp3) is 0.154. The number of rotatable bonds is 3. The van der Waals surface area contributed by atoms with Crippen LogP contribution in [0.4, 0.5) is 0 Å². The van der Waals surface area contributed by atoms with E-state index in [-0.39, 0.29) is 6.04 Å². The van der Waals surface area contributed by atoms with E-state index < -0.39 is 0 Å². The number of hydrogen-bond acceptors (Lipinski definition) is 4. The summed E-state index contributed by atoms with van der Waals surface area (Å²) >= 11 is 9.59. The van der Waals surface area contributed by atoms with E-state index in [1.165, 1.54) is 4.70 Å². The molecule has 0 fully saturated rings. The molecule has 18 heavy (non-hydrogen) atoms. The first-order valence-electron chi connectivity index (χ1n) is 5.53. The van der Waals surface area contributed by atoms with Crippen LogP contribution in [0.1, 0.15) is 16.5 Å². The molecule has 92 valence electrons. The number of aromatic nitrogens is 1. The average molecular weight is 295 g/mol. The number of hydrogen-bond donors (Lipinski definition) is 1. The van der Waals surface area contributed by atoms with Gasteiger partial charge in [0.15, 0.2) is 0 Å². The number of nitrogens with zero attached hydrogens (tertiary/aromatic N) is 1. The zero-order chi connectivity index (χ0) is 12.5. The molecule has 5 heteroatoms. The molecule has 0 radical (unpaired) electrons. The Labute approximate surface area is 118 Å². The molecule has 0 saturated carbocycles. The van der Waals surface area contributed by atoms with Gasteiger partial charge in [-0.1, -0.05) is 11.6 Å². The Balaban J connectivity index is 2.08. The lowest BCUT2D eigenvalue weighted by Crippen LogP contribution is -2.16. The van der Waals surface area contributed by atoms with Crippen molar-refractivity contribution in [2.75, 3.05) is 7.05 Å². The molecule has 0 spiro atoms. The van der Waals surface area contributed by atoms with Crippen LogP contribution in [-0.4, -0.2) is 12.0 Å². The minimum Gasteiger partial charge on any atom is -0.309 e. The highest BCUT2D eigenvalue weighted by Crippen LogP contribution is 2.33. The smallest absolute Gasteiger partial charge is 0.0809 e. The van der Waals surface area contributed by atoms with Gasteiger partial charge in [0.25, 0.3) is 0 Å². The van der Waals surface area contributed by atoms with Crippen LogP contribution in [0.3, 0.4) is 0 Å². The summed E-state index contributed by atoms with van der Waals surface area (Å²) < 4.78 is 1.21. The normalized spacial score (nSPS) is 13.0. The molecule has 0 aliphatic heterocycles. The van der Waals surface area contributed by atoms with Crippen LogP contribution in [0.15, 0.2) is 35.2 Å². The van der Waals surface area contributed by atoms with E-state index in [1.54, 1.807) is 22.7 Å². The largest absolute Gasteiger partial charge is 0.309 e. The van der Waals surface area contributed by atoms with E-state index in [1.807, 2.05) is 30.8 Å². The van der Waals surface area contributed by atoms with Crippen molar-refractivity contribution in [3.8, 4) is 0 Å². The fourth-order valence-corrected chi connectivity index (χ4v) is 4.07. The Bertz CT molecular complexity index is 674. The topological polar surface area (TPSA) is 24.9 Å². The molecule has 2 nitrogen and oxygen atoms in total. The zero-order valence-electron chi connectivity index (χ0n) is 9.68. The average Bonchev–Trinajstić information content (AvgIpc) is 2.99. The highest BCUT2D eigenvalue weighted by Gasteiger charge is 2.17. The first kappa shape index (κ1) is 12.1. The molecule has 3 aromatic rings. The van der Waals surface area contributed by atoms with Crippen molar-refractivity contribution in [2.24, 2.45) is 0 Å². The highest BCUT2D eigenvalue weighted by molar-refractivity contribution is 7.17. The third-order valence-corrected chi connectivity index (χ3v) is 5.13. The van der Waals surface area contributed by atoms with E-state index in [0.717, 1.165) is 21.0 Å². The van der Waals surface area contributed by atoms with Gasteiger partial charge in [-0.2, -0.15) is 0 Å². The lowest BCUT2D eigenvalue weighted by molar-refractivity contribution is 0.702. The van der Waals surface area contributed by atoms with Gasteiger partial charge >= 0.3 is 0 Å². The second-order valence-corrected chi connectivity index (χ2v) is 6.23. The Morgan fingerprint density at radius 3 is 2.83 bits per heavy atom. The Morgan fingerprint density at radius 2 is 2.11 bits per heavy atom. The summed E-state index contributed by atoms with van der Waals surface area (Å²) in [6, 6.07) is 6.26. The van der Waals surface area contributed by atoms with Crippen LogP contribution in [0, 0.1) is 0 Å². The van der Waals surface area contributed by atoms with E-state index in [4.69, 9.17) is 11.6 Å². The maximum Gasteiger partial charge on any atom is 0.0809 e. The van der Waals surface area contributed by atoms with Crippen molar-refractivity contribution in [2.45, 2.75) is 6.04 Å². The predicted octanol–water partition coefficient (Wildman–Crippen LogP) is 4.32. The minimum atomic E-state index is 0.108. The molecule has 0 aliphatic rings. The van der Waals surface area contributed by atoms with Crippen molar-refractivity contribution in [1.29, 1.82) is 0 Å². The molecule has 0 aliphatic carbocycles. The summed E-state index contributed by atoms with van der Waals surface area (Å²) in [6.07, 6.45) is 1.92. The third kappa shape index (κ3) is 2.06. The summed E-state index contributed by atoms with van der Waals surface area (Å²) in [4.78, 5) is 5.62. The molecule has 0 saturated heterocycles. The van der Waals surface area contributed by atoms with E-state index in [2.05, 4.69) is 21.7 Å². The van der Waals surface area contributed by atoms with Gasteiger partial charge in [0.2, 0.25) is 0 Å². The van der Waals surface area contributed by atoms with Gasteiger partial charge < -0.3 is 5.32 Å². The zero-order valence-corrected chi connectivity index (χ0v) is 12.1. The molecule has 1 atom stereocenters. The summed E-state index contributed by atoms with van der Waals surface area (Å²) in [6.45, 7) is 0. The van der Waals surface area contributed by atoms with Gasteiger partial charge in [0.1, 0.15) is 0 Å². The first-order chi connectivity index (χ1) is 8.79. The first-order valence-corrected chi connectivity index (χ1v) is 7.66. The van der Waals surface area contributed by atoms with Gasteiger partial charge in [0.05, 0.1) is 21.3 Å². The molecule has 0 bridgehead atoms. The number of thiophene rings is 2. The monoisotopic (exact) mass is 294 g/mol. The Morgan fingerprint density at radius 1 is 1.28 bits per heavy atom. The number of pyridine rings is 1. The van der Waals surface area contributed by atoms with Gasteiger partial charge in [0, 0.05) is 11.1 Å². The summed E-state index contributed by atoms with van der Waals surface area (Å²) in [5.74, 6) is 0. The molecule has 0 aromatic carbocycles. The van der Waals surface area contributed by atoms with E-state index in [0.29, 0.717) is 0 Å². The van der Waals surface area contributed by atoms with Crippen molar-refractivity contribution < 1.29 is 0 Å². The standard InChI is InChI=1S/C13H11ClN2S2/c1-15-12(13-9(14)2-4-18-13)8-6-11-10(16-7-8)3-5-17-11/h2-7,12,15H,1H3. The summed E-state index contributed by atoms with van der Waals surface area (Å²) in [5.41, 5.74) is 2.20. The van der Waals surface area contributed by atoms with Crippen molar-refractivity contribution >= 4 is 44.5 Å². The fourth-order valence-electron chi connectivity index (χ4n) is 1.98. The molecule has 1 N–H and O–H groups in total. The number of fused-ring (bicyclic) bond motifs is 1. The molecular weight excluding hydrogens is 284 g/mol. The van der Waals surface area contributed by atoms with Crippen LogP contribution in [0.5, 0.6) is 0 Å². The third-order valence-electron chi connectivity index (χ3n) is 2.85. The van der Waals surface area contributed by atoms with Crippen molar-refractivity contribution in [3.05, 3.63) is 50.6 Å².